The molecule has 112 valence electrons. The van der Waals surface area contributed by atoms with Crippen molar-refractivity contribution in [3.05, 3.63) is 28.5 Å². The van der Waals surface area contributed by atoms with Crippen molar-refractivity contribution in [2.24, 2.45) is 0 Å². The highest BCUT2D eigenvalue weighted by molar-refractivity contribution is 9.10. The van der Waals surface area contributed by atoms with Gasteiger partial charge in [0.1, 0.15) is 5.82 Å². The van der Waals surface area contributed by atoms with E-state index in [9.17, 15) is 9.50 Å². The maximum absolute atomic E-state index is 13.3. The van der Waals surface area contributed by atoms with E-state index in [-0.39, 0.29) is 18.5 Å². The summed E-state index contributed by atoms with van der Waals surface area (Å²) >= 11 is 3.09. The number of halogens is 2. The zero-order valence-corrected chi connectivity index (χ0v) is 12.7. The summed E-state index contributed by atoms with van der Waals surface area (Å²) < 4.78 is 24.5. The molecule has 6 heteroatoms. The number of aliphatic hydroxyl groups excluding tert-OH is 1. The number of nitrogens with one attached hydrogen (secondary N) is 1. The Labute approximate surface area is 126 Å². The lowest BCUT2D eigenvalue weighted by molar-refractivity contribution is -0.0137. The van der Waals surface area contributed by atoms with Crippen molar-refractivity contribution in [2.45, 2.75) is 25.0 Å². The van der Waals surface area contributed by atoms with Gasteiger partial charge in [-0.15, -0.1) is 0 Å². The molecule has 1 aromatic carbocycles. The fraction of sp³-hybridized carbons (Fsp3) is 0.571. The van der Waals surface area contributed by atoms with Crippen molar-refractivity contribution >= 4 is 21.6 Å². The molecule has 0 amide bonds. The Morgan fingerprint density at radius 2 is 2.40 bits per heavy atom. The Morgan fingerprint density at radius 3 is 3.10 bits per heavy atom. The third kappa shape index (κ3) is 5.01. The number of benzene rings is 1. The van der Waals surface area contributed by atoms with Crippen LogP contribution in [0.3, 0.4) is 0 Å². The van der Waals surface area contributed by atoms with Crippen LogP contribution in [0.1, 0.15) is 12.8 Å². The molecule has 2 N–H and O–H groups in total. The summed E-state index contributed by atoms with van der Waals surface area (Å²) in [4.78, 5) is 0. The molecule has 0 radical (unpaired) electrons. The van der Waals surface area contributed by atoms with Crippen LogP contribution in [0.25, 0.3) is 0 Å². The minimum atomic E-state index is -0.636. The van der Waals surface area contributed by atoms with E-state index in [1.54, 1.807) is 12.1 Å². The van der Waals surface area contributed by atoms with Crippen LogP contribution in [0.2, 0.25) is 0 Å². The van der Waals surface area contributed by atoms with E-state index in [2.05, 4.69) is 21.2 Å². The van der Waals surface area contributed by atoms with Crippen LogP contribution in [0.15, 0.2) is 22.7 Å². The first-order valence-electron chi connectivity index (χ1n) is 6.71. The minimum Gasteiger partial charge on any atom is -0.389 e. The molecule has 0 saturated carbocycles. The van der Waals surface area contributed by atoms with E-state index in [0.29, 0.717) is 23.3 Å². The maximum Gasteiger partial charge on any atom is 0.139 e. The third-order valence-electron chi connectivity index (χ3n) is 3.10. The van der Waals surface area contributed by atoms with Crippen LogP contribution < -0.4 is 5.32 Å². The minimum absolute atomic E-state index is 0.163. The number of aliphatic hydroxyl groups is 1. The Hall–Kier alpha value is -0.690. The van der Waals surface area contributed by atoms with Gasteiger partial charge in [-0.3, -0.25) is 0 Å². The molecule has 4 nitrogen and oxygen atoms in total. The fourth-order valence-corrected chi connectivity index (χ4v) is 2.26. The maximum atomic E-state index is 13.3. The van der Waals surface area contributed by atoms with Gasteiger partial charge in [-0.1, -0.05) is 0 Å². The van der Waals surface area contributed by atoms with E-state index in [1.165, 1.54) is 6.07 Å². The summed E-state index contributed by atoms with van der Waals surface area (Å²) in [6.07, 6.45) is 1.62. The van der Waals surface area contributed by atoms with Gasteiger partial charge in [0.25, 0.3) is 0 Å². The van der Waals surface area contributed by atoms with Gasteiger partial charge < -0.3 is 19.9 Å². The molecule has 1 saturated heterocycles. The molecule has 2 unspecified atom stereocenters. The van der Waals surface area contributed by atoms with E-state index in [4.69, 9.17) is 9.47 Å². The molecule has 1 heterocycles. The normalized spacial score (nSPS) is 20.1. The Balaban J connectivity index is 1.63. The van der Waals surface area contributed by atoms with Crippen molar-refractivity contribution in [2.75, 3.05) is 31.7 Å². The molecule has 1 aromatic rings. The van der Waals surface area contributed by atoms with E-state index in [1.807, 2.05) is 0 Å². The molecule has 0 spiro atoms. The average molecular weight is 348 g/mol. The quantitative estimate of drug-likeness (QED) is 0.795. The second kappa shape index (κ2) is 7.93. The van der Waals surface area contributed by atoms with Gasteiger partial charge >= 0.3 is 0 Å². The van der Waals surface area contributed by atoms with Gasteiger partial charge in [-0.25, -0.2) is 4.39 Å². The summed E-state index contributed by atoms with van der Waals surface area (Å²) in [5.41, 5.74) is 0.629. The van der Waals surface area contributed by atoms with Crippen LogP contribution in [-0.4, -0.2) is 43.7 Å². The number of hydrogen-bond acceptors (Lipinski definition) is 4. The lowest BCUT2D eigenvalue weighted by Gasteiger charge is -2.15. The Bertz CT molecular complexity index is 427. The summed E-state index contributed by atoms with van der Waals surface area (Å²) in [6.45, 7) is 1.87. The summed E-state index contributed by atoms with van der Waals surface area (Å²) in [7, 11) is 0. The lowest BCUT2D eigenvalue weighted by atomic mass is 10.2. The number of rotatable bonds is 7. The highest BCUT2D eigenvalue weighted by Crippen LogP contribution is 2.19. The van der Waals surface area contributed by atoms with Crippen LogP contribution in [0.5, 0.6) is 0 Å². The zero-order valence-electron chi connectivity index (χ0n) is 11.1. The van der Waals surface area contributed by atoms with Crippen LogP contribution in [-0.2, 0) is 9.47 Å². The molecule has 1 aliphatic heterocycles. The van der Waals surface area contributed by atoms with Crippen LogP contribution in [0.4, 0.5) is 10.1 Å². The first kappa shape index (κ1) is 15.7. The molecule has 2 rings (SSSR count). The Kier molecular flexibility index (Phi) is 6.22. The Morgan fingerprint density at radius 1 is 1.55 bits per heavy atom. The molecule has 2 atom stereocenters. The van der Waals surface area contributed by atoms with Crippen LogP contribution in [0, 0.1) is 5.82 Å². The van der Waals surface area contributed by atoms with Crippen molar-refractivity contribution in [3.8, 4) is 0 Å². The SMILES string of the molecule is OC(CNc1ccc(Br)c(F)c1)COCC1CCCO1. The molecular formula is C14H19BrFNO3. The molecule has 0 aliphatic carbocycles. The average Bonchev–Trinajstić information content (AvgIpc) is 2.93. The zero-order chi connectivity index (χ0) is 14.4. The van der Waals surface area contributed by atoms with E-state index >= 15 is 0 Å². The second-order valence-corrected chi connectivity index (χ2v) is 5.69. The molecule has 1 aliphatic rings. The lowest BCUT2D eigenvalue weighted by Crippen LogP contribution is -2.27. The molecule has 1 fully saturated rings. The predicted octanol–water partition coefficient (Wildman–Crippen LogP) is 2.56. The topological polar surface area (TPSA) is 50.7 Å². The smallest absolute Gasteiger partial charge is 0.139 e. The summed E-state index contributed by atoms with van der Waals surface area (Å²) in [5, 5.41) is 12.7. The standard InChI is InChI=1S/C14H19BrFNO3/c15-13-4-3-10(6-14(13)16)17-7-11(18)8-19-9-12-2-1-5-20-12/h3-4,6,11-12,17-18H,1-2,5,7-9H2. The van der Waals surface area contributed by atoms with Gasteiger partial charge in [-0.2, -0.15) is 0 Å². The van der Waals surface area contributed by atoms with Crippen molar-refractivity contribution < 1.29 is 19.0 Å². The second-order valence-electron chi connectivity index (χ2n) is 4.84. The number of ether oxygens (including phenoxy) is 2. The number of anilines is 1. The highest BCUT2D eigenvalue weighted by atomic mass is 79.9. The molecular weight excluding hydrogens is 329 g/mol. The third-order valence-corrected chi connectivity index (χ3v) is 3.74. The van der Waals surface area contributed by atoms with E-state index in [0.717, 1.165) is 19.4 Å². The van der Waals surface area contributed by atoms with Crippen molar-refractivity contribution in [3.63, 3.8) is 0 Å². The molecule has 0 bridgehead atoms. The molecule has 20 heavy (non-hydrogen) atoms. The van der Waals surface area contributed by atoms with E-state index < -0.39 is 6.10 Å². The predicted molar refractivity (Wildman–Crippen MR) is 78.4 cm³/mol. The van der Waals surface area contributed by atoms with Crippen LogP contribution >= 0.6 is 15.9 Å². The molecule has 0 aromatic heterocycles. The monoisotopic (exact) mass is 347 g/mol. The van der Waals surface area contributed by atoms with Gasteiger partial charge in [0.2, 0.25) is 0 Å². The summed E-state index contributed by atoms with van der Waals surface area (Å²) in [5.74, 6) is -0.334. The summed E-state index contributed by atoms with van der Waals surface area (Å²) in [6, 6.07) is 4.75. The van der Waals surface area contributed by atoms with Gasteiger partial charge in [0.05, 0.1) is 29.9 Å². The number of hydrogen-bond donors (Lipinski definition) is 2. The van der Waals surface area contributed by atoms with Gasteiger partial charge in [-0.05, 0) is 47.0 Å². The van der Waals surface area contributed by atoms with Gasteiger partial charge in [0.15, 0.2) is 0 Å². The van der Waals surface area contributed by atoms with Crippen molar-refractivity contribution in [1.29, 1.82) is 0 Å². The van der Waals surface area contributed by atoms with Crippen molar-refractivity contribution in [1.82, 2.24) is 0 Å². The highest BCUT2D eigenvalue weighted by Gasteiger charge is 2.16. The first-order chi connectivity index (χ1) is 9.65. The fourth-order valence-electron chi connectivity index (χ4n) is 2.01. The largest absolute Gasteiger partial charge is 0.389 e. The first-order valence-corrected chi connectivity index (χ1v) is 7.51. The van der Waals surface area contributed by atoms with Gasteiger partial charge in [0, 0.05) is 18.8 Å².